The van der Waals surface area contributed by atoms with Crippen LogP contribution < -0.4 is 15.8 Å². The molecule has 1 aromatic heterocycles. The molecule has 4 N–H and O–H groups in total. The Hall–Kier alpha value is -3.04. The molecule has 1 heterocycles. The number of para-hydroxylation sites is 1. The molecule has 2 aromatic carbocycles. The zero-order valence-electron chi connectivity index (χ0n) is 20.3. The molecule has 1 amide bonds. The minimum atomic E-state index is -3.77. The van der Waals surface area contributed by atoms with Gasteiger partial charge in [-0.2, -0.15) is 0 Å². The van der Waals surface area contributed by atoms with Gasteiger partial charge in [0.2, 0.25) is 15.9 Å². The van der Waals surface area contributed by atoms with Crippen LogP contribution in [0.15, 0.2) is 53.4 Å². The lowest BCUT2D eigenvalue weighted by atomic mass is 9.82. The van der Waals surface area contributed by atoms with Crippen LogP contribution in [0, 0.1) is 5.92 Å². The minimum Gasteiger partial charge on any atom is -0.368 e. The van der Waals surface area contributed by atoms with Crippen molar-refractivity contribution in [2.75, 3.05) is 5.32 Å². The molecule has 0 aliphatic carbocycles. The maximum absolute atomic E-state index is 12.9. The number of nitrogens with one attached hydrogen (secondary N) is 2. The number of fused-ring (bicyclic) bond motifs is 1. The number of rotatable bonds is 10. The molecule has 0 aliphatic rings. The first-order chi connectivity index (χ1) is 15.9. The fourth-order valence-electron chi connectivity index (χ4n) is 3.56. The Morgan fingerprint density at radius 3 is 2.29 bits per heavy atom. The van der Waals surface area contributed by atoms with Gasteiger partial charge in [0.15, 0.2) is 0 Å². The number of carbonyl (C=O) groups excluding carboxylic acids is 1. The first kappa shape index (κ1) is 25.6. The smallest absolute Gasteiger partial charge is 0.240 e. The second-order valence-corrected chi connectivity index (χ2v) is 11.1. The topological polar surface area (TPSA) is 127 Å². The predicted octanol–water partition coefficient (Wildman–Crippen LogP) is 3.72. The summed E-state index contributed by atoms with van der Waals surface area (Å²) in [6, 6.07) is 13.6. The largest absolute Gasteiger partial charge is 0.368 e. The Morgan fingerprint density at radius 2 is 1.71 bits per heavy atom. The standard InChI is InChI=1S/C25H33N5O3S/c1-6-25(4,5)17-11-13-18(14-12-17)34(32,33)27-15-21-28-20-10-8-7-9-19(20)24(29-21)30-22(16(2)3)23(26)31/h7-14,16,22,27H,6,15H2,1-5H3,(H2,26,31)(H,28,29,30)/t22-/m0/s1. The second kappa shape index (κ2) is 10.1. The molecule has 0 saturated heterocycles. The van der Waals surface area contributed by atoms with Crippen molar-refractivity contribution in [2.45, 2.75) is 63.9 Å². The second-order valence-electron chi connectivity index (χ2n) is 9.36. The van der Waals surface area contributed by atoms with Crippen LogP contribution in [-0.2, 0) is 26.8 Å². The fourth-order valence-corrected chi connectivity index (χ4v) is 4.54. The first-order valence-corrected chi connectivity index (χ1v) is 12.8. The normalized spacial score (nSPS) is 13.2. The highest BCUT2D eigenvalue weighted by Crippen LogP contribution is 2.27. The number of sulfonamides is 1. The van der Waals surface area contributed by atoms with Crippen molar-refractivity contribution in [3.8, 4) is 0 Å². The monoisotopic (exact) mass is 483 g/mol. The molecule has 182 valence electrons. The number of benzene rings is 2. The van der Waals surface area contributed by atoms with Crippen LogP contribution >= 0.6 is 0 Å². The average molecular weight is 484 g/mol. The summed E-state index contributed by atoms with van der Waals surface area (Å²) in [5.41, 5.74) is 7.24. The molecule has 3 rings (SSSR count). The molecule has 1 atom stereocenters. The number of nitrogens with two attached hydrogens (primary N) is 1. The van der Waals surface area contributed by atoms with E-state index in [2.05, 4.69) is 40.8 Å². The van der Waals surface area contributed by atoms with Crippen LogP contribution in [0.3, 0.4) is 0 Å². The molecule has 0 unspecified atom stereocenters. The van der Waals surface area contributed by atoms with Gasteiger partial charge in [-0.3, -0.25) is 4.79 Å². The zero-order valence-corrected chi connectivity index (χ0v) is 21.1. The molecule has 0 radical (unpaired) electrons. The third-order valence-corrected chi connectivity index (χ3v) is 7.58. The van der Waals surface area contributed by atoms with Crippen LogP contribution in [0.4, 0.5) is 5.82 Å². The van der Waals surface area contributed by atoms with Gasteiger partial charge in [0.05, 0.1) is 17.0 Å². The first-order valence-electron chi connectivity index (χ1n) is 11.4. The summed E-state index contributed by atoms with van der Waals surface area (Å²) in [7, 11) is -3.77. The van der Waals surface area contributed by atoms with Gasteiger partial charge in [-0.1, -0.05) is 58.9 Å². The maximum Gasteiger partial charge on any atom is 0.240 e. The predicted molar refractivity (Wildman–Crippen MR) is 135 cm³/mol. The molecule has 0 saturated carbocycles. The minimum absolute atomic E-state index is 0.0309. The molecule has 8 nitrogen and oxygen atoms in total. The molecule has 0 fully saturated rings. The van der Waals surface area contributed by atoms with Crippen molar-refractivity contribution in [3.63, 3.8) is 0 Å². The van der Waals surface area contributed by atoms with E-state index in [4.69, 9.17) is 5.73 Å². The summed E-state index contributed by atoms with van der Waals surface area (Å²) < 4.78 is 28.4. The number of hydrogen-bond acceptors (Lipinski definition) is 6. The fraction of sp³-hybridized carbons (Fsp3) is 0.400. The Labute approximate surface area is 201 Å². The van der Waals surface area contributed by atoms with E-state index < -0.39 is 22.0 Å². The zero-order chi connectivity index (χ0) is 25.1. The van der Waals surface area contributed by atoms with Gasteiger partial charge in [0.1, 0.15) is 17.7 Å². The van der Waals surface area contributed by atoms with Crippen molar-refractivity contribution in [1.29, 1.82) is 0 Å². The summed E-state index contributed by atoms with van der Waals surface area (Å²) in [5.74, 6) is 0.160. The summed E-state index contributed by atoms with van der Waals surface area (Å²) in [6.45, 7) is 10.0. The summed E-state index contributed by atoms with van der Waals surface area (Å²) in [5, 5.41) is 3.83. The number of primary amides is 1. The van der Waals surface area contributed by atoms with Gasteiger partial charge in [0.25, 0.3) is 0 Å². The van der Waals surface area contributed by atoms with E-state index >= 15 is 0 Å². The molecule has 34 heavy (non-hydrogen) atoms. The molecular formula is C25H33N5O3S. The Bertz CT molecular complexity index is 1270. The third kappa shape index (κ3) is 5.71. The lowest BCUT2D eigenvalue weighted by Gasteiger charge is -2.23. The van der Waals surface area contributed by atoms with E-state index in [1.54, 1.807) is 12.1 Å². The van der Waals surface area contributed by atoms with Crippen LogP contribution in [-0.4, -0.2) is 30.3 Å². The van der Waals surface area contributed by atoms with Crippen LogP contribution in [0.2, 0.25) is 0 Å². The van der Waals surface area contributed by atoms with Crippen LogP contribution in [0.25, 0.3) is 10.9 Å². The number of nitrogens with zero attached hydrogens (tertiary/aromatic N) is 2. The number of carbonyl (C=O) groups is 1. The lowest BCUT2D eigenvalue weighted by Crippen LogP contribution is -2.40. The van der Waals surface area contributed by atoms with Crippen molar-refractivity contribution >= 4 is 32.7 Å². The number of aromatic nitrogens is 2. The number of amides is 1. The maximum atomic E-state index is 12.9. The summed E-state index contributed by atoms with van der Waals surface area (Å²) in [4.78, 5) is 21.1. The highest BCUT2D eigenvalue weighted by atomic mass is 32.2. The number of anilines is 1. The van der Waals surface area contributed by atoms with E-state index in [1.807, 2.05) is 50.2 Å². The molecular weight excluding hydrogens is 450 g/mol. The van der Waals surface area contributed by atoms with Gasteiger partial charge < -0.3 is 11.1 Å². The lowest BCUT2D eigenvalue weighted by molar-refractivity contribution is -0.119. The van der Waals surface area contributed by atoms with Crippen molar-refractivity contribution < 1.29 is 13.2 Å². The summed E-state index contributed by atoms with van der Waals surface area (Å²) in [6.07, 6.45) is 0.945. The Morgan fingerprint density at radius 1 is 1.06 bits per heavy atom. The highest BCUT2D eigenvalue weighted by Gasteiger charge is 2.23. The van der Waals surface area contributed by atoms with Crippen molar-refractivity contribution in [2.24, 2.45) is 11.7 Å². The van der Waals surface area contributed by atoms with Gasteiger partial charge in [-0.25, -0.2) is 23.1 Å². The molecule has 9 heteroatoms. The van der Waals surface area contributed by atoms with E-state index in [9.17, 15) is 13.2 Å². The quantitative estimate of drug-likeness (QED) is 0.403. The van der Waals surface area contributed by atoms with Crippen molar-refractivity contribution in [3.05, 3.63) is 59.9 Å². The molecule has 0 spiro atoms. The van der Waals surface area contributed by atoms with E-state index in [1.165, 1.54) is 0 Å². The van der Waals surface area contributed by atoms with Gasteiger partial charge >= 0.3 is 0 Å². The average Bonchev–Trinajstić information content (AvgIpc) is 2.80. The van der Waals surface area contributed by atoms with Crippen LogP contribution in [0.5, 0.6) is 0 Å². The van der Waals surface area contributed by atoms with Crippen molar-refractivity contribution in [1.82, 2.24) is 14.7 Å². The number of hydrogen-bond donors (Lipinski definition) is 3. The van der Waals surface area contributed by atoms with Gasteiger partial charge in [-0.05, 0) is 47.6 Å². The Balaban J connectivity index is 1.86. The van der Waals surface area contributed by atoms with Crippen LogP contribution in [0.1, 0.15) is 52.4 Å². The van der Waals surface area contributed by atoms with E-state index in [0.29, 0.717) is 11.3 Å². The van der Waals surface area contributed by atoms with E-state index in [0.717, 1.165) is 17.4 Å². The molecule has 0 bridgehead atoms. The molecule has 0 aliphatic heterocycles. The molecule has 3 aromatic rings. The third-order valence-electron chi connectivity index (χ3n) is 6.17. The SMILES string of the molecule is CCC(C)(C)c1ccc(S(=O)(=O)NCc2nc(N[C@H](C(N)=O)C(C)C)c3ccccc3n2)cc1. The summed E-state index contributed by atoms with van der Waals surface area (Å²) >= 11 is 0. The van der Waals surface area contributed by atoms with E-state index in [-0.39, 0.29) is 28.6 Å². The van der Waals surface area contributed by atoms with Gasteiger partial charge in [-0.15, -0.1) is 0 Å². The van der Waals surface area contributed by atoms with Gasteiger partial charge in [0, 0.05) is 5.39 Å². The highest BCUT2D eigenvalue weighted by molar-refractivity contribution is 7.89. The Kier molecular flexibility index (Phi) is 7.57.